The summed E-state index contributed by atoms with van der Waals surface area (Å²) in [5.41, 5.74) is 0.174. The van der Waals surface area contributed by atoms with Gasteiger partial charge >= 0.3 is 0 Å². The van der Waals surface area contributed by atoms with E-state index in [4.69, 9.17) is 0 Å². The Morgan fingerprint density at radius 2 is 1.62 bits per heavy atom. The normalized spacial score (nSPS) is 36.7. The molecule has 0 unspecified atom stereocenters. The molecule has 5 rings (SSSR count). The van der Waals surface area contributed by atoms with E-state index in [-0.39, 0.29) is 22.8 Å². The van der Waals surface area contributed by atoms with E-state index in [0.717, 1.165) is 37.0 Å². The maximum absolute atomic E-state index is 12.8. The van der Waals surface area contributed by atoms with Gasteiger partial charge in [-0.15, -0.1) is 0 Å². The second-order valence-corrected chi connectivity index (χ2v) is 7.35. The number of nitrogens with one attached hydrogen (secondary N) is 1. The number of phenolic OH excluding ortho intramolecular Hbond substituents is 2. The van der Waals surface area contributed by atoms with E-state index in [2.05, 4.69) is 5.32 Å². The van der Waals surface area contributed by atoms with Crippen molar-refractivity contribution >= 4 is 11.6 Å². The Balaban J connectivity index is 1.57. The lowest BCUT2D eigenvalue weighted by Gasteiger charge is -2.55. The van der Waals surface area contributed by atoms with Crippen molar-refractivity contribution in [1.29, 1.82) is 0 Å². The average Bonchev–Trinajstić information content (AvgIpc) is 2.40. The number of hydrogen-bond donors (Lipinski definition) is 3. The molecule has 4 saturated carbocycles. The van der Waals surface area contributed by atoms with Crippen molar-refractivity contribution < 1.29 is 15.0 Å². The summed E-state index contributed by atoms with van der Waals surface area (Å²) >= 11 is 0. The molecule has 4 nitrogen and oxygen atoms in total. The first-order valence-corrected chi connectivity index (χ1v) is 7.87. The number of hydrogen-bond acceptors (Lipinski definition) is 3. The van der Waals surface area contributed by atoms with Crippen molar-refractivity contribution in [3.05, 3.63) is 18.2 Å². The highest BCUT2D eigenvalue weighted by Crippen LogP contribution is 2.60. The summed E-state index contributed by atoms with van der Waals surface area (Å²) in [7, 11) is 0. The number of amides is 1. The number of phenols is 2. The van der Waals surface area contributed by atoms with E-state index in [9.17, 15) is 15.0 Å². The second-order valence-electron chi connectivity index (χ2n) is 7.35. The molecule has 4 heteroatoms. The van der Waals surface area contributed by atoms with Crippen molar-refractivity contribution in [3.8, 4) is 11.5 Å². The highest BCUT2D eigenvalue weighted by Gasteiger charge is 2.54. The first kappa shape index (κ1) is 13.0. The fourth-order valence-electron chi connectivity index (χ4n) is 5.27. The van der Waals surface area contributed by atoms with E-state index in [0.29, 0.717) is 5.69 Å². The molecule has 0 atom stereocenters. The minimum atomic E-state index is -0.223. The zero-order chi connectivity index (χ0) is 14.6. The summed E-state index contributed by atoms with van der Waals surface area (Å²) in [5, 5.41) is 22.1. The van der Waals surface area contributed by atoms with Crippen molar-refractivity contribution in [2.24, 2.45) is 23.2 Å². The summed E-state index contributed by atoms with van der Waals surface area (Å²) in [5.74, 6) is 2.14. The van der Waals surface area contributed by atoms with E-state index in [1.807, 2.05) is 0 Å². The smallest absolute Gasteiger partial charge is 0.230 e. The Morgan fingerprint density at radius 3 is 2.14 bits per heavy atom. The van der Waals surface area contributed by atoms with Gasteiger partial charge in [-0.3, -0.25) is 4.79 Å². The summed E-state index contributed by atoms with van der Waals surface area (Å²) in [6.07, 6.45) is 6.92. The lowest BCUT2D eigenvalue weighted by molar-refractivity contribution is -0.140. The van der Waals surface area contributed by atoms with E-state index < -0.39 is 0 Å². The summed E-state index contributed by atoms with van der Waals surface area (Å²) in [4.78, 5) is 12.8. The molecule has 0 aliphatic heterocycles. The zero-order valence-corrected chi connectivity index (χ0v) is 12.0. The minimum absolute atomic E-state index is 0.000281. The Labute approximate surface area is 124 Å². The summed E-state index contributed by atoms with van der Waals surface area (Å²) in [6, 6.07) is 4.30. The van der Waals surface area contributed by atoms with Gasteiger partial charge in [0.05, 0.1) is 11.1 Å². The molecule has 0 aromatic heterocycles. The molecule has 4 aliphatic rings. The molecule has 3 N–H and O–H groups in total. The van der Waals surface area contributed by atoms with Crippen molar-refractivity contribution in [2.75, 3.05) is 5.32 Å². The van der Waals surface area contributed by atoms with Gasteiger partial charge in [-0.05, 0) is 68.4 Å². The molecule has 4 aliphatic carbocycles. The van der Waals surface area contributed by atoms with Crippen LogP contribution in [0.5, 0.6) is 11.5 Å². The molecule has 0 heterocycles. The average molecular weight is 287 g/mol. The topological polar surface area (TPSA) is 69.6 Å². The lowest BCUT2D eigenvalue weighted by atomic mass is 9.49. The van der Waals surface area contributed by atoms with Gasteiger partial charge < -0.3 is 15.5 Å². The predicted molar refractivity (Wildman–Crippen MR) is 79.0 cm³/mol. The molecule has 1 aromatic rings. The maximum Gasteiger partial charge on any atom is 0.230 e. The van der Waals surface area contributed by atoms with Gasteiger partial charge in [0, 0.05) is 6.07 Å². The minimum Gasteiger partial charge on any atom is -0.508 e. The molecule has 0 saturated heterocycles. The molecule has 4 bridgehead atoms. The van der Waals surface area contributed by atoms with Gasteiger partial charge in [-0.2, -0.15) is 0 Å². The largest absolute Gasteiger partial charge is 0.508 e. The Morgan fingerprint density at radius 1 is 1.05 bits per heavy atom. The van der Waals surface area contributed by atoms with Crippen LogP contribution in [0.4, 0.5) is 5.69 Å². The van der Waals surface area contributed by atoms with E-state index >= 15 is 0 Å². The number of anilines is 1. The van der Waals surface area contributed by atoms with Crippen LogP contribution in [-0.4, -0.2) is 16.1 Å². The van der Waals surface area contributed by atoms with Gasteiger partial charge in [0.1, 0.15) is 11.5 Å². The third-order valence-corrected chi connectivity index (χ3v) is 5.75. The fraction of sp³-hybridized carbons (Fsp3) is 0.588. The monoisotopic (exact) mass is 287 g/mol. The van der Waals surface area contributed by atoms with Gasteiger partial charge in [0.15, 0.2) is 0 Å². The highest BCUT2D eigenvalue weighted by atomic mass is 16.3. The number of rotatable bonds is 2. The molecule has 21 heavy (non-hydrogen) atoms. The first-order valence-electron chi connectivity index (χ1n) is 7.87. The van der Waals surface area contributed by atoms with Crippen molar-refractivity contribution in [1.82, 2.24) is 0 Å². The van der Waals surface area contributed by atoms with Crippen LogP contribution in [0.1, 0.15) is 38.5 Å². The molecule has 0 radical (unpaired) electrons. The zero-order valence-electron chi connectivity index (χ0n) is 12.0. The predicted octanol–water partition coefficient (Wildman–Crippen LogP) is 3.25. The Hall–Kier alpha value is -1.71. The van der Waals surface area contributed by atoms with Gasteiger partial charge in [0.25, 0.3) is 0 Å². The summed E-state index contributed by atoms with van der Waals surface area (Å²) < 4.78 is 0. The molecular weight excluding hydrogens is 266 g/mol. The number of carbonyl (C=O) groups excluding carboxylic acids is 1. The molecular formula is C17H21NO3. The standard InChI is InChI=1S/C17H21NO3/c19-13-1-2-14(15(20)6-13)18-16(21)17-7-10-3-11(8-17)5-12(4-10)9-17/h1-2,6,10-12,19-20H,3-5,7-9H2,(H,18,21). The number of benzene rings is 1. The lowest BCUT2D eigenvalue weighted by Crippen LogP contribution is -2.51. The van der Waals surface area contributed by atoms with Crippen LogP contribution in [0.25, 0.3) is 0 Å². The third kappa shape index (κ3) is 2.08. The summed E-state index contributed by atoms with van der Waals surface area (Å²) in [6.45, 7) is 0. The fourth-order valence-corrected chi connectivity index (χ4v) is 5.27. The maximum atomic E-state index is 12.8. The van der Waals surface area contributed by atoms with Gasteiger partial charge in [-0.25, -0.2) is 0 Å². The van der Waals surface area contributed by atoms with Crippen LogP contribution < -0.4 is 5.32 Å². The van der Waals surface area contributed by atoms with E-state index in [1.54, 1.807) is 6.07 Å². The van der Waals surface area contributed by atoms with E-state index in [1.165, 1.54) is 31.4 Å². The van der Waals surface area contributed by atoms with Crippen LogP contribution in [0.2, 0.25) is 0 Å². The quantitative estimate of drug-likeness (QED) is 0.577. The van der Waals surface area contributed by atoms with Crippen LogP contribution in [0.3, 0.4) is 0 Å². The van der Waals surface area contributed by atoms with Crippen LogP contribution >= 0.6 is 0 Å². The molecule has 112 valence electrons. The second kappa shape index (κ2) is 4.39. The molecule has 0 spiro atoms. The van der Waals surface area contributed by atoms with Crippen LogP contribution in [-0.2, 0) is 4.79 Å². The van der Waals surface area contributed by atoms with Gasteiger partial charge in [-0.1, -0.05) is 0 Å². The molecule has 1 amide bonds. The molecule has 1 aromatic carbocycles. The Kier molecular flexibility index (Phi) is 2.72. The van der Waals surface area contributed by atoms with Crippen molar-refractivity contribution in [2.45, 2.75) is 38.5 Å². The first-order chi connectivity index (χ1) is 10.0. The van der Waals surface area contributed by atoms with Crippen LogP contribution in [0, 0.1) is 23.2 Å². The Bertz CT molecular complexity index is 560. The number of carbonyl (C=O) groups is 1. The highest BCUT2D eigenvalue weighted by molar-refractivity contribution is 5.96. The van der Waals surface area contributed by atoms with Crippen molar-refractivity contribution in [3.63, 3.8) is 0 Å². The SMILES string of the molecule is O=C(Nc1ccc(O)cc1O)C12CC3CC(CC(C3)C1)C2. The van der Waals surface area contributed by atoms with Gasteiger partial charge in [0.2, 0.25) is 5.91 Å². The third-order valence-electron chi connectivity index (χ3n) is 5.75. The molecule has 4 fully saturated rings. The van der Waals surface area contributed by atoms with Crippen LogP contribution in [0.15, 0.2) is 18.2 Å². The number of aromatic hydroxyl groups is 2.